The minimum Gasteiger partial charge on any atom is -0.466 e. The minimum absolute atomic E-state index is 0.0225. The number of carbonyl (C=O) groups excluding carboxylic acids is 2. The lowest BCUT2D eigenvalue weighted by atomic mass is 10.0. The molecule has 0 aromatic rings. The van der Waals surface area contributed by atoms with Gasteiger partial charge in [0.25, 0.3) is 0 Å². The number of hydrogen-bond donors (Lipinski definition) is 3. The van der Waals surface area contributed by atoms with Gasteiger partial charge in [-0.25, -0.2) is 0 Å². The lowest BCUT2D eigenvalue weighted by Crippen LogP contribution is -2.45. The van der Waals surface area contributed by atoms with E-state index in [0.717, 1.165) is 38.5 Å². The lowest BCUT2D eigenvalue weighted by Gasteiger charge is -2.22. The number of aliphatic hydroxyl groups excluding tert-OH is 2. The molecule has 0 aliphatic rings. The Morgan fingerprint density at radius 3 is 0.899 bits per heavy atom. The molecule has 2 unspecified atom stereocenters. The van der Waals surface area contributed by atoms with Gasteiger partial charge in [-0.2, -0.15) is 0 Å². The second-order valence-electron chi connectivity index (χ2n) is 25.3. The van der Waals surface area contributed by atoms with Crippen molar-refractivity contribution in [1.82, 2.24) is 5.32 Å². The zero-order valence-electron chi connectivity index (χ0n) is 53.9. The first-order valence-corrected chi connectivity index (χ1v) is 36.4. The number of aliphatic hydroxyl groups is 2. The summed E-state index contributed by atoms with van der Waals surface area (Å²) in [5.74, 6) is -0.00625. The van der Waals surface area contributed by atoms with Crippen LogP contribution >= 0.6 is 0 Å². The molecule has 0 aliphatic heterocycles. The van der Waals surface area contributed by atoms with Gasteiger partial charge in [0.2, 0.25) is 5.91 Å². The van der Waals surface area contributed by atoms with Crippen LogP contribution in [0.5, 0.6) is 0 Å². The molecular formula is C73H143NO5. The largest absolute Gasteiger partial charge is 0.466 e. The molecule has 79 heavy (non-hydrogen) atoms. The fraction of sp³-hybridized carbons (Fsp3) is 0.945. The molecule has 0 saturated heterocycles. The van der Waals surface area contributed by atoms with Crippen molar-refractivity contribution < 1.29 is 24.5 Å². The summed E-state index contributed by atoms with van der Waals surface area (Å²) >= 11 is 0. The maximum atomic E-state index is 12.5. The highest BCUT2D eigenvalue weighted by Crippen LogP contribution is 2.19. The smallest absolute Gasteiger partial charge is 0.305 e. The summed E-state index contributed by atoms with van der Waals surface area (Å²) in [6.07, 6.45) is 85.7. The molecule has 2 atom stereocenters. The van der Waals surface area contributed by atoms with Crippen molar-refractivity contribution in [3.63, 3.8) is 0 Å². The van der Waals surface area contributed by atoms with Crippen LogP contribution in [0.25, 0.3) is 0 Å². The first kappa shape index (κ1) is 77.6. The quantitative estimate of drug-likeness (QED) is 0.0320. The van der Waals surface area contributed by atoms with Gasteiger partial charge < -0.3 is 20.3 Å². The van der Waals surface area contributed by atoms with Crippen molar-refractivity contribution in [1.29, 1.82) is 0 Å². The molecule has 0 aliphatic carbocycles. The third-order valence-electron chi connectivity index (χ3n) is 17.3. The number of hydrogen-bond acceptors (Lipinski definition) is 5. The Morgan fingerprint density at radius 2 is 0.595 bits per heavy atom. The van der Waals surface area contributed by atoms with Crippen LogP contribution in [0.15, 0.2) is 12.2 Å². The number of ether oxygens (including phenoxy) is 1. The number of rotatable bonds is 69. The molecule has 0 fully saturated rings. The van der Waals surface area contributed by atoms with Crippen LogP contribution in [0.1, 0.15) is 418 Å². The minimum atomic E-state index is -0.661. The summed E-state index contributed by atoms with van der Waals surface area (Å²) in [4.78, 5) is 24.6. The standard InChI is InChI=1S/C73H143NO5/c1-3-5-7-9-11-13-15-17-38-43-47-51-55-59-63-67-73(78)79-68-64-60-56-52-48-44-40-37-35-33-31-29-27-25-23-21-19-20-22-24-26-28-30-32-34-36-39-42-46-50-54-58-62-66-72(77)74-70(69-75)71(76)65-61-57-53-49-45-41-18-16-14-12-10-8-6-4-2/h23,25,70-71,75-76H,3-22,24,26-69H2,1-2H3,(H,74,77)/b25-23-. The van der Waals surface area contributed by atoms with Crippen LogP contribution in [0, 0.1) is 0 Å². The van der Waals surface area contributed by atoms with Gasteiger partial charge in [0.15, 0.2) is 0 Å². The predicted molar refractivity (Wildman–Crippen MR) is 347 cm³/mol. The molecule has 0 aromatic heterocycles. The zero-order chi connectivity index (χ0) is 57.1. The van der Waals surface area contributed by atoms with Gasteiger partial charge in [-0.1, -0.05) is 366 Å². The van der Waals surface area contributed by atoms with Crippen molar-refractivity contribution in [3.8, 4) is 0 Å². The highest BCUT2D eigenvalue weighted by molar-refractivity contribution is 5.76. The highest BCUT2D eigenvalue weighted by Gasteiger charge is 2.20. The maximum Gasteiger partial charge on any atom is 0.305 e. The van der Waals surface area contributed by atoms with Crippen LogP contribution in [-0.4, -0.2) is 47.4 Å². The van der Waals surface area contributed by atoms with Gasteiger partial charge in [-0.15, -0.1) is 0 Å². The summed E-state index contributed by atoms with van der Waals surface area (Å²) in [5.41, 5.74) is 0. The summed E-state index contributed by atoms with van der Waals surface area (Å²) in [6.45, 7) is 5.00. The number of amides is 1. The third kappa shape index (κ3) is 65.6. The van der Waals surface area contributed by atoms with Crippen molar-refractivity contribution in [2.75, 3.05) is 13.2 Å². The van der Waals surface area contributed by atoms with E-state index < -0.39 is 12.1 Å². The van der Waals surface area contributed by atoms with Crippen LogP contribution in [-0.2, 0) is 14.3 Å². The summed E-state index contributed by atoms with van der Waals surface area (Å²) in [7, 11) is 0. The Labute approximate surface area is 495 Å². The van der Waals surface area contributed by atoms with Crippen molar-refractivity contribution >= 4 is 11.9 Å². The van der Waals surface area contributed by atoms with Gasteiger partial charge in [0.05, 0.1) is 25.4 Å². The number of esters is 1. The van der Waals surface area contributed by atoms with E-state index in [4.69, 9.17) is 4.74 Å². The first-order chi connectivity index (χ1) is 39.0. The van der Waals surface area contributed by atoms with Crippen molar-refractivity contribution in [2.45, 2.75) is 431 Å². The van der Waals surface area contributed by atoms with E-state index in [-0.39, 0.29) is 18.5 Å². The van der Waals surface area contributed by atoms with E-state index in [1.54, 1.807) is 0 Å². The van der Waals surface area contributed by atoms with E-state index in [0.29, 0.717) is 25.9 Å². The monoisotopic (exact) mass is 1110 g/mol. The SMILES string of the molecule is CCCCCCCCCCCCCCCCCC(=O)OCCCCCCCCCCCCCC/C=C\CCCCCCCCCCCCCCCCCCCC(=O)NC(CO)C(O)CCCCCCCCCCCCCCCC. The van der Waals surface area contributed by atoms with Crippen LogP contribution in [0.2, 0.25) is 0 Å². The number of carbonyl (C=O) groups is 2. The van der Waals surface area contributed by atoms with E-state index in [1.807, 2.05) is 0 Å². The van der Waals surface area contributed by atoms with Crippen LogP contribution < -0.4 is 5.32 Å². The van der Waals surface area contributed by atoms with Gasteiger partial charge in [-0.05, 0) is 51.4 Å². The maximum absolute atomic E-state index is 12.5. The fourth-order valence-corrected chi connectivity index (χ4v) is 11.8. The molecule has 0 heterocycles. The molecule has 0 bridgehead atoms. The molecule has 1 amide bonds. The second kappa shape index (κ2) is 69.1. The Hall–Kier alpha value is -1.40. The fourth-order valence-electron chi connectivity index (χ4n) is 11.8. The molecule has 0 rings (SSSR count). The summed E-state index contributed by atoms with van der Waals surface area (Å²) in [5, 5.41) is 23.3. The molecule has 0 aromatic carbocycles. The van der Waals surface area contributed by atoms with Crippen molar-refractivity contribution in [2.24, 2.45) is 0 Å². The van der Waals surface area contributed by atoms with E-state index in [1.165, 1.54) is 347 Å². The van der Waals surface area contributed by atoms with Crippen LogP contribution in [0.4, 0.5) is 0 Å². The normalized spacial score (nSPS) is 12.5. The first-order valence-electron chi connectivity index (χ1n) is 36.4. The van der Waals surface area contributed by atoms with E-state index in [9.17, 15) is 19.8 Å². The Bertz CT molecular complexity index is 1190. The molecule has 470 valence electrons. The second-order valence-corrected chi connectivity index (χ2v) is 25.3. The van der Waals surface area contributed by atoms with Crippen molar-refractivity contribution in [3.05, 3.63) is 12.2 Å². The molecule has 3 N–H and O–H groups in total. The lowest BCUT2D eigenvalue weighted by molar-refractivity contribution is -0.143. The van der Waals surface area contributed by atoms with E-state index >= 15 is 0 Å². The predicted octanol–water partition coefficient (Wildman–Crippen LogP) is 23.5. The van der Waals surface area contributed by atoms with Gasteiger partial charge in [0, 0.05) is 12.8 Å². The molecule has 6 heteroatoms. The Balaban J connectivity index is 3.32. The summed E-state index contributed by atoms with van der Waals surface area (Å²) < 4.78 is 5.50. The van der Waals surface area contributed by atoms with Crippen LogP contribution in [0.3, 0.4) is 0 Å². The molecule has 0 saturated carbocycles. The topological polar surface area (TPSA) is 95.9 Å². The molecule has 0 spiro atoms. The Kier molecular flexibility index (Phi) is 67.9. The number of nitrogens with one attached hydrogen (secondary N) is 1. The molecule has 0 radical (unpaired) electrons. The van der Waals surface area contributed by atoms with Gasteiger partial charge in [-0.3, -0.25) is 9.59 Å². The van der Waals surface area contributed by atoms with Gasteiger partial charge in [0.1, 0.15) is 0 Å². The Morgan fingerprint density at radius 1 is 0.342 bits per heavy atom. The summed E-state index contributed by atoms with van der Waals surface area (Å²) in [6, 6.07) is -0.538. The highest BCUT2D eigenvalue weighted by atomic mass is 16.5. The zero-order valence-corrected chi connectivity index (χ0v) is 53.9. The van der Waals surface area contributed by atoms with Gasteiger partial charge >= 0.3 is 5.97 Å². The van der Waals surface area contributed by atoms with E-state index in [2.05, 4.69) is 31.3 Å². The molecule has 6 nitrogen and oxygen atoms in total. The average molecular weight is 1110 g/mol. The average Bonchev–Trinajstić information content (AvgIpc) is 3.45. The molecular weight excluding hydrogens is 971 g/mol. The number of unbranched alkanes of at least 4 members (excludes halogenated alkanes) is 56. The number of allylic oxidation sites excluding steroid dienone is 2. The third-order valence-corrected chi connectivity index (χ3v) is 17.3.